The lowest BCUT2D eigenvalue weighted by molar-refractivity contribution is -0.137. The van der Waals surface area contributed by atoms with E-state index in [0.717, 1.165) is 35.0 Å². The molecule has 0 aliphatic carbocycles. The third-order valence-corrected chi connectivity index (χ3v) is 7.40. The molecule has 0 spiro atoms. The molecule has 0 fully saturated rings. The summed E-state index contributed by atoms with van der Waals surface area (Å²) in [5.74, 6) is 0.897. The van der Waals surface area contributed by atoms with E-state index in [1.54, 1.807) is 30.0 Å². The van der Waals surface area contributed by atoms with Crippen LogP contribution in [0.2, 0.25) is 10.0 Å². The summed E-state index contributed by atoms with van der Waals surface area (Å²) in [5.41, 5.74) is 3.41. The monoisotopic (exact) mass is 635 g/mol. The zero-order valence-corrected chi connectivity index (χ0v) is 26.7. The third kappa shape index (κ3) is 7.55. The largest absolute Gasteiger partial charge is 0.493 e. The SMILES string of the molecule is CCOC(=O)/C=C(/c1cc(Cl)cc(Cl)c1)n1ccc2cc(OCCc3ccc4c(n3)N(C(=O)OC(C)(C)C)CCC4)ccc21. The Bertz CT molecular complexity index is 1700. The fourth-order valence-electron chi connectivity index (χ4n) is 5.10. The summed E-state index contributed by atoms with van der Waals surface area (Å²) in [6.45, 7) is 8.58. The van der Waals surface area contributed by atoms with E-state index in [4.69, 9.17) is 42.4 Å². The van der Waals surface area contributed by atoms with Gasteiger partial charge in [-0.15, -0.1) is 0 Å². The molecule has 1 aliphatic heterocycles. The van der Waals surface area contributed by atoms with Crippen LogP contribution < -0.4 is 9.64 Å². The molecule has 0 atom stereocenters. The number of carbonyl (C=O) groups is 2. The number of hydrogen-bond acceptors (Lipinski definition) is 6. The molecule has 2 aromatic carbocycles. The Labute approximate surface area is 267 Å². The zero-order valence-electron chi connectivity index (χ0n) is 25.2. The molecule has 0 saturated carbocycles. The molecular formula is C34H35Cl2N3O5. The van der Waals surface area contributed by atoms with Crippen LogP contribution in [0.1, 0.15) is 50.9 Å². The van der Waals surface area contributed by atoms with Crippen LogP contribution in [0, 0.1) is 0 Å². The molecule has 10 heteroatoms. The van der Waals surface area contributed by atoms with Gasteiger partial charge in [0.05, 0.1) is 24.4 Å². The number of nitrogens with zero attached hydrogens (tertiary/aromatic N) is 3. The van der Waals surface area contributed by atoms with Gasteiger partial charge in [-0.25, -0.2) is 14.6 Å². The first-order valence-electron chi connectivity index (χ1n) is 14.6. The average Bonchev–Trinajstić information content (AvgIpc) is 3.37. The van der Waals surface area contributed by atoms with Crippen molar-refractivity contribution in [1.29, 1.82) is 0 Å². The molecule has 1 aliphatic rings. The van der Waals surface area contributed by atoms with Crippen LogP contribution >= 0.6 is 23.2 Å². The number of esters is 1. The number of amides is 1. The first kappa shape index (κ1) is 31.4. The Morgan fingerprint density at radius 1 is 1.02 bits per heavy atom. The minimum absolute atomic E-state index is 0.259. The number of benzene rings is 2. The van der Waals surface area contributed by atoms with Crippen molar-refractivity contribution in [3.8, 4) is 5.75 Å². The number of halogens is 2. The summed E-state index contributed by atoms with van der Waals surface area (Å²) >= 11 is 12.6. The second kappa shape index (κ2) is 13.3. The molecule has 2 aromatic heterocycles. The number of pyridine rings is 1. The quantitative estimate of drug-likeness (QED) is 0.144. The second-order valence-corrected chi connectivity index (χ2v) is 12.3. The van der Waals surface area contributed by atoms with Gasteiger partial charge in [0.2, 0.25) is 0 Å². The number of anilines is 1. The third-order valence-electron chi connectivity index (χ3n) is 6.96. The molecule has 8 nitrogen and oxygen atoms in total. The molecule has 0 N–H and O–H groups in total. The van der Waals surface area contributed by atoms with E-state index in [0.29, 0.717) is 52.4 Å². The van der Waals surface area contributed by atoms with Crippen LogP contribution in [0.5, 0.6) is 5.75 Å². The summed E-state index contributed by atoms with van der Waals surface area (Å²) in [6.07, 6.45) is 5.24. The number of ether oxygens (including phenoxy) is 3. The lowest BCUT2D eigenvalue weighted by Crippen LogP contribution is -2.40. The van der Waals surface area contributed by atoms with E-state index in [-0.39, 0.29) is 12.7 Å². The zero-order chi connectivity index (χ0) is 31.4. The van der Waals surface area contributed by atoms with Gasteiger partial charge in [0.25, 0.3) is 0 Å². The molecule has 44 heavy (non-hydrogen) atoms. The number of fused-ring (bicyclic) bond motifs is 2. The molecule has 0 saturated heterocycles. The van der Waals surface area contributed by atoms with E-state index in [1.165, 1.54) is 6.08 Å². The Kier molecular flexibility index (Phi) is 9.51. The Morgan fingerprint density at radius 2 is 1.80 bits per heavy atom. The van der Waals surface area contributed by atoms with Crippen molar-refractivity contribution in [2.75, 3.05) is 24.7 Å². The van der Waals surface area contributed by atoms with Crippen molar-refractivity contribution in [2.24, 2.45) is 0 Å². The van der Waals surface area contributed by atoms with E-state index in [1.807, 2.05) is 67.9 Å². The van der Waals surface area contributed by atoms with Crippen molar-refractivity contribution in [2.45, 2.75) is 52.6 Å². The number of aromatic nitrogens is 2. The molecule has 230 valence electrons. The van der Waals surface area contributed by atoms with Crippen molar-refractivity contribution in [3.05, 3.63) is 93.7 Å². The number of carbonyl (C=O) groups excluding carboxylic acids is 2. The first-order chi connectivity index (χ1) is 21.0. The van der Waals surface area contributed by atoms with Gasteiger partial charge in [0.15, 0.2) is 0 Å². The standard InChI is InChI=1S/C34H35Cl2N3O5/c1-5-42-31(40)21-30(24-17-25(35)20-26(36)18-24)38-15-12-23-19-28(10-11-29(23)38)43-16-13-27-9-8-22-7-6-14-39(32(22)37-27)33(41)44-34(2,3)4/h8-12,15,17-21H,5-7,13-14,16H2,1-4H3/b30-21-. The molecule has 1 amide bonds. The average molecular weight is 637 g/mol. The van der Waals surface area contributed by atoms with Crippen LogP contribution in [0.4, 0.5) is 10.6 Å². The highest BCUT2D eigenvalue weighted by Crippen LogP contribution is 2.31. The highest BCUT2D eigenvalue weighted by Gasteiger charge is 2.28. The summed E-state index contributed by atoms with van der Waals surface area (Å²) < 4.78 is 18.8. The topological polar surface area (TPSA) is 82.9 Å². The molecule has 0 bridgehead atoms. The van der Waals surface area contributed by atoms with Crippen LogP contribution in [0.15, 0.2) is 66.9 Å². The van der Waals surface area contributed by atoms with Crippen molar-refractivity contribution < 1.29 is 23.8 Å². The van der Waals surface area contributed by atoms with Crippen molar-refractivity contribution in [1.82, 2.24) is 9.55 Å². The maximum absolute atomic E-state index is 12.8. The van der Waals surface area contributed by atoms with Gasteiger partial charge in [0, 0.05) is 51.9 Å². The lowest BCUT2D eigenvalue weighted by atomic mass is 10.1. The number of hydrogen-bond donors (Lipinski definition) is 0. The fraction of sp³-hybridized carbons (Fsp3) is 0.324. The van der Waals surface area contributed by atoms with Gasteiger partial charge >= 0.3 is 12.1 Å². The van der Waals surface area contributed by atoms with E-state index in [9.17, 15) is 9.59 Å². The van der Waals surface area contributed by atoms with Crippen LogP contribution in [-0.2, 0) is 27.1 Å². The summed E-state index contributed by atoms with van der Waals surface area (Å²) in [4.78, 5) is 31.7. The predicted octanol–water partition coefficient (Wildman–Crippen LogP) is 8.10. The smallest absolute Gasteiger partial charge is 0.416 e. The number of aryl methyl sites for hydroxylation is 1. The molecule has 3 heterocycles. The van der Waals surface area contributed by atoms with Crippen LogP contribution in [-0.4, -0.2) is 47.0 Å². The highest BCUT2D eigenvalue weighted by atomic mass is 35.5. The Balaban J connectivity index is 1.32. The predicted molar refractivity (Wildman–Crippen MR) is 174 cm³/mol. The van der Waals surface area contributed by atoms with Crippen molar-refractivity contribution in [3.63, 3.8) is 0 Å². The van der Waals surface area contributed by atoms with Crippen LogP contribution in [0.25, 0.3) is 16.6 Å². The maximum atomic E-state index is 12.8. The molecule has 5 rings (SSSR count). The summed E-state index contributed by atoms with van der Waals surface area (Å²) in [7, 11) is 0. The highest BCUT2D eigenvalue weighted by molar-refractivity contribution is 6.34. The number of rotatable bonds is 8. The second-order valence-electron chi connectivity index (χ2n) is 11.5. The molecular weight excluding hydrogens is 601 g/mol. The molecule has 4 aromatic rings. The summed E-state index contributed by atoms with van der Waals surface area (Å²) in [5, 5.41) is 1.84. The Hall–Kier alpha value is -4.01. The van der Waals surface area contributed by atoms with Gasteiger partial charge in [0.1, 0.15) is 17.2 Å². The fourth-order valence-corrected chi connectivity index (χ4v) is 5.62. The van der Waals surface area contributed by atoms with Gasteiger partial charge in [-0.1, -0.05) is 29.3 Å². The minimum Gasteiger partial charge on any atom is -0.493 e. The maximum Gasteiger partial charge on any atom is 0.416 e. The van der Waals surface area contributed by atoms with E-state index in [2.05, 4.69) is 0 Å². The minimum atomic E-state index is -0.579. The molecule has 0 unspecified atom stereocenters. The molecule has 0 radical (unpaired) electrons. The van der Waals surface area contributed by atoms with Gasteiger partial charge in [-0.2, -0.15) is 0 Å². The first-order valence-corrected chi connectivity index (χ1v) is 15.3. The van der Waals surface area contributed by atoms with Gasteiger partial charge < -0.3 is 18.8 Å². The van der Waals surface area contributed by atoms with E-state index >= 15 is 0 Å². The van der Waals surface area contributed by atoms with Crippen molar-refractivity contribution >= 4 is 57.7 Å². The van der Waals surface area contributed by atoms with Gasteiger partial charge in [-0.05, 0) is 94.6 Å². The van der Waals surface area contributed by atoms with Gasteiger partial charge in [-0.3, -0.25) is 4.90 Å². The van der Waals surface area contributed by atoms with Crippen LogP contribution in [0.3, 0.4) is 0 Å². The normalized spacial score (nSPS) is 13.5. The lowest BCUT2D eigenvalue weighted by Gasteiger charge is -2.31. The Morgan fingerprint density at radius 3 is 2.52 bits per heavy atom. The summed E-state index contributed by atoms with van der Waals surface area (Å²) in [6, 6.07) is 16.9. The van der Waals surface area contributed by atoms with E-state index < -0.39 is 11.6 Å².